The van der Waals surface area contributed by atoms with E-state index >= 15 is 0 Å². The average Bonchev–Trinajstić information content (AvgIpc) is 2.69. The van der Waals surface area contributed by atoms with Crippen molar-refractivity contribution < 1.29 is 15.0 Å². The minimum atomic E-state index is -0.943. The molecular weight excluding hydrogens is 340 g/mol. The molecule has 5 heteroatoms. The lowest BCUT2D eigenvalue weighted by molar-refractivity contribution is -0.0202. The van der Waals surface area contributed by atoms with Crippen molar-refractivity contribution in [2.75, 3.05) is 13.1 Å². The van der Waals surface area contributed by atoms with E-state index in [2.05, 4.69) is 22.8 Å². The van der Waals surface area contributed by atoms with Crippen LogP contribution in [0.15, 0.2) is 54.6 Å². The standard InChI is InChI=1S/C22H28N2O3/c25-19-12-10-18(11-13-19)21(26)24-20(22(27)14-5-15-23-16-22)9-4-8-17-6-2-1-3-7-17/h1-3,6-7,10-13,20,23,25,27H,4-5,8-9,14-16H2,(H,24,26). The van der Waals surface area contributed by atoms with Crippen LogP contribution in [0.1, 0.15) is 41.6 Å². The lowest BCUT2D eigenvalue weighted by Crippen LogP contribution is -2.59. The second kappa shape index (κ2) is 9.02. The van der Waals surface area contributed by atoms with E-state index in [1.165, 1.54) is 17.7 Å². The van der Waals surface area contributed by atoms with Gasteiger partial charge in [-0.3, -0.25) is 4.79 Å². The van der Waals surface area contributed by atoms with Crippen molar-refractivity contribution in [3.8, 4) is 5.75 Å². The van der Waals surface area contributed by atoms with Gasteiger partial charge in [-0.1, -0.05) is 30.3 Å². The van der Waals surface area contributed by atoms with Gasteiger partial charge >= 0.3 is 0 Å². The van der Waals surface area contributed by atoms with Gasteiger partial charge in [0.2, 0.25) is 0 Å². The predicted molar refractivity (Wildman–Crippen MR) is 106 cm³/mol. The largest absolute Gasteiger partial charge is 0.508 e. The van der Waals surface area contributed by atoms with Crippen molar-refractivity contribution in [2.24, 2.45) is 0 Å². The van der Waals surface area contributed by atoms with Crippen LogP contribution in [0.3, 0.4) is 0 Å². The number of hydrogen-bond acceptors (Lipinski definition) is 4. The first-order valence-corrected chi connectivity index (χ1v) is 9.64. The first-order chi connectivity index (χ1) is 13.1. The topological polar surface area (TPSA) is 81.6 Å². The fourth-order valence-corrected chi connectivity index (χ4v) is 3.69. The smallest absolute Gasteiger partial charge is 0.251 e. The highest BCUT2D eigenvalue weighted by atomic mass is 16.3. The predicted octanol–water partition coefficient (Wildman–Crippen LogP) is 2.63. The number of aryl methyl sites for hydroxylation is 1. The third-order valence-corrected chi connectivity index (χ3v) is 5.28. The molecule has 1 fully saturated rings. The highest BCUT2D eigenvalue weighted by Crippen LogP contribution is 2.24. The monoisotopic (exact) mass is 368 g/mol. The Bertz CT molecular complexity index is 725. The van der Waals surface area contributed by atoms with Crippen molar-refractivity contribution in [3.05, 3.63) is 65.7 Å². The number of nitrogens with one attached hydrogen (secondary N) is 2. The number of β-amino-alcohol motifs (C(OH)–C–C–N with tert-alkyl or cyclic N) is 1. The third-order valence-electron chi connectivity index (χ3n) is 5.28. The number of amides is 1. The second-order valence-corrected chi connectivity index (χ2v) is 7.33. The molecule has 4 N–H and O–H groups in total. The molecule has 2 atom stereocenters. The lowest BCUT2D eigenvalue weighted by atomic mass is 9.83. The fraction of sp³-hybridized carbons (Fsp3) is 0.409. The number of phenols is 1. The molecule has 0 aromatic heterocycles. The van der Waals surface area contributed by atoms with E-state index in [9.17, 15) is 15.0 Å². The first-order valence-electron chi connectivity index (χ1n) is 9.64. The molecule has 2 aromatic carbocycles. The van der Waals surface area contributed by atoms with Crippen LogP contribution in [0.25, 0.3) is 0 Å². The van der Waals surface area contributed by atoms with Gasteiger partial charge in [-0.05, 0) is 68.5 Å². The minimum Gasteiger partial charge on any atom is -0.508 e. The number of aromatic hydroxyl groups is 1. The summed E-state index contributed by atoms with van der Waals surface area (Å²) in [6, 6.07) is 16.1. The number of aliphatic hydroxyl groups is 1. The quantitative estimate of drug-likeness (QED) is 0.606. The van der Waals surface area contributed by atoms with E-state index in [0.717, 1.165) is 25.8 Å². The minimum absolute atomic E-state index is 0.126. The Balaban J connectivity index is 1.67. The Morgan fingerprint density at radius 3 is 2.56 bits per heavy atom. The van der Waals surface area contributed by atoms with Gasteiger partial charge in [0, 0.05) is 12.1 Å². The maximum Gasteiger partial charge on any atom is 0.251 e. The van der Waals surface area contributed by atoms with E-state index in [-0.39, 0.29) is 17.7 Å². The van der Waals surface area contributed by atoms with Crippen molar-refractivity contribution in [1.29, 1.82) is 0 Å². The highest BCUT2D eigenvalue weighted by molar-refractivity contribution is 5.94. The summed E-state index contributed by atoms with van der Waals surface area (Å²) in [6.45, 7) is 1.38. The number of carbonyl (C=O) groups is 1. The Morgan fingerprint density at radius 2 is 1.89 bits per heavy atom. The summed E-state index contributed by atoms with van der Waals surface area (Å²) in [7, 11) is 0. The highest BCUT2D eigenvalue weighted by Gasteiger charge is 2.38. The van der Waals surface area contributed by atoms with Gasteiger partial charge in [-0.15, -0.1) is 0 Å². The molecule has 0 radical (unpaired) electrons. The van der Waals surface area contributed by atoms with Crippen LogP contribution in [-0.4, -0.2) is 40.9 Å². The van der Waals surface area contributed by atoms with E-state index in [1.54, 1.807) is 12.1 Å². The lowest BCUT2D eigenvalue weighted by Gasteiger charge is -2.40. The second-order valence-electron chi connectivity index (χ2n) is 7.33. The van der Waals surface area contributed by atoms with E-state index in [4.69, 9.17) is 0 Å². The van der Waals surface area contributed by atoms with Crippen LogP contribution in [0.4, 0.5) is 0 Å². The Hall–Kier alpha value is -2.37. The summed E-state index contributed by atoms with van der Waals surface area (Å²) in [4.78, 5) is 12.7. The average molecular weight is 368 g/mol. The molecule has 2 unspecified atom stereocenters. The molecule has 144 valence electrons. The summed E-state index contributed by atoms with van der Waals surface area (Å²) in [5, 5.41) is 26.8. The molecular formula is C22H28N2O3. The molecule has 0 spiro atoms. The summed E-state index contributed by atoms with van der Waals surface area (Å²) in [6.07, 6.45) is 4.06. The van der Waals surface area contributed by atoms with E-state index in [0.29, 0.717) is 24.9 Å². The third kappa shape index (κ3) is 5.31. The van der Waals surface area contributed by atoms with Gasteiger partial charge < -0.3 is 20.8 Å². The van der Waals surface area contributed by atoms with Crippen molar-refractivity contribution in [2.45, 2.75) is 43.7 Å². The molecule has 3 rings (SSSR count). The maximum absolute atomic E-state index is 12.7. The molecule has 2 aromatic rings. The molecule has 1 aliphatic rings. The van der Waals surface area contributed by atoms with Gasteiger partial charge in [0.15, 0.2) is 0 Å². The maximum atomic E-state index is 12.7. The van der Waals surface area contributed by atoms with Crippen molar-refractivity contribution in [3.63, 3.8) is 0 Å². The Labute approximate surface area is 160 Å². The molecule has 1 aliphatic heterocycles. The van der Waals surface area contributed by atoms with E-state index < -0.39 is 5.60 Å². The number of piperidine rings is 1. The van der Waals surface area contributed by atoms with Crippen LogP contribution in [0, 0.1) is 0 Å². The summed E-state index contributed by atoms with van der Waals surface area (Å²) < 4.78 is 0. The zero-order valence-corrected chi connectivity index (χ0v) is 15.5. The molecule has 27 heavy (non-hydrogen) atoms. The van der Waals surface area contributed by atoms with Gasteiger partial charge in [0.25, 0.3) is 5.91 Å². The number of benzene rings is 2. The van der Waals surface area contributed by atoms with Crippen LogP contribution in [0.2, 0.25) is 0 Å². The Morgan fingerprint density at radius 1 is 1.15 bits per heavy atom. The molecule has 1 saturated heterocycles. The van der Waals surface area contributed by atoms with Crippen LogP contribution >= 0.6 is 0 Å². The fourth-order valence-electron chi connectivity index (χ4n) is 3.69. The van der Waals surface area contributed by atoms with E-state index in [1.807, 2.05) is 18.2 Å². The summed E-state index contributed by atoms with van der Waals surface area (Å²) >= 11 is 0. The van der Waals surface area contributed by atoms with Gasteiger partial charge in [-0.25, -0.2) is 0 Å². The molecule has 1 amide bonds. The molecule has 0 bridgehead atoms. The zero-order chi connectivity index (χ0) is 19.1. The molecule has 0 saturated carbocycles. The van der Waals surface area contributed by atoms with Gasteiger partial charge in [0.1, 0.15) is 5.75 Å². The zero-order valence-electron chi connectivity index (χ0n) is 15.5. The summed E-state index contributed by atoms with van der Waals surface area (Å²) in [5.74, 6) is -0.0974. The molecule has 1 heterocycles. The SMILES string of the molecule is O=C(NC(CCCc1ccccc1)C1(O)CCCNC1)c1ccc(O)cc1. The normalized spacial score (nSPS) is 20.8. The van der Waals surface area contributed by atoms with Crippen LogP contribution < -0.4 is 10.6 Å². The van der Waals surface area contributed by atoms with Gasteiger partial charge in [0.05, 0.1) is 11.6 Å². The number of rotatable bonds is 7. The first kappa shape index (κ1) is 19.4. The van der Waals surface area contributed by atoms with Crippen molar-refractivity contribution in [1.82, 2.24) is 10.6 Å². The van der Waals surface area contributed by atoms with Gasteiger partial charge in [-0.2, -0.15) is 0 Å². The number of hydrogen-bond donors (Lipinski definition) is 4. The number of phenolic OH excluding ortho intramolecular Hbond substituents is 1. The molecule has 0 aliphatic carbocycles. The van der Waals surface area contributed by atoms with Crippen molar-refractivity contribution >= 4 is 5.91 Å². The molecule has 5 nitrogen and oxygen atoms in total. The number of carbonyl (C=O) groups excluding carboxylic acids is 1. The summed E-state index contributed by atoms with van der Waals surface area (Å²) in [5.41, 5.74) is 0.796. The van der Waals surface area contributed by atoms with Crippen LogP contribution in [0.5, 0.6) is 5.75 Å². The van der Waals surface area contributed by atoms with Crippen LogP contribution in [-0.2, 0) is 6.42 Å². The Kier molecular flexibility index (Phi) is 6.48.